The van der Waals surface area contributed by atoms with Crippen LogP contribution in [-0.2, 0) is 29.5 Å². The molecule has 0 radical (unpaired) electrons. The number of benzene rings is 1. The molecule has 0 saturated carbocycles. The van der Waals surface area contributed by atoms with Gasteiger partial charge in [-0.15, -0.1) is 0 Å². The first kappa shape index (κ1) is 22.9. The van der Waals surface area contributed by atoms with Crippen molar-refractivity contribution in [2.24, 2.45) is 0 Å². The number of sulfonamides is 2. The lowest BCUT2D eigenvalue weighted by Gasteiger charge is -2.35. The monoisotopic (exact) mass is 466 g/mol. The highest BCUT2D eigenvalue weighted by Crippen LogP contribution is 2.31. The van der Waals surface area contributed by atoms with Crippen molar-refractivity contribution in [1.29, 1.82) is 0 Å². The average molecular weight is 467 g/mol. The Morgan fingerprint density at radius 3 is 1.66 bits per heavy atom. The minimum absolute atomic E-state index is 0.0144. The van der Waals surface area contributed by atoms with Gasteiger partial charge in [-0.05, 0) is 45.9 Å². The highest BCUT2D eigenvalue weighted by atomic mass is 35.5. The molecule has 0 aliphatic carbocycles. The molecule has 0 unspecified atom stereocenters. The minimum atomic E-state index is -3.98. The van der Waals surface area contributed by atoms with Crippen LogP contribution in [0.5, 0.6) is 0 Å². The third-order valence-electron chi connectivity index (χ3n) is 4.93. The Balaban J connectivity index is 1.97. The van der Waals surface area contributed by atoms with E-state index < -0.39 is 20.0 Å². The van der Waals surface area contributed by atoms with Gasteiger partial charge in [-0.3, -0.25) is 0 Å². The van der Waals surface area contributed by atoms with E-state index in [4.69, 9.17) is 21.1 Å². The number of halogens is 1. The van der Waals surface area contributed by atoms with Crippen molar-refractivity contribution in [2.45, 2.75) is 61.9 Å². The van der Waals surface area contributed by atoms with Crippen LogP contribution in [0.15, 0.2) is 28.0 Å². The van der Waals surface area contributed by atoms with Gasteiger partial charge >= 0.3 is 0 Å². The average Bonchev–Trinajstić information content (AvgIpc) is 2.60. The molecule has 3 rings (SSSR count). The largest absolute Gasteiger partial charge is 0.373 e. The molecule has 0 spiro atoms. The number of hydrogen-bond acceptors (Lipinski definition) is 6. The zero-order valence-corrected chi connectivity index (χ0v) is 19.3. The first-order valence-electron chi connectivity index (χ1n) is 9.52. The normalized spacial score (nSPS) is 30.4. The van der Waals surface area contributed by atoms with Crippen molar-refractivity contribution in [3.05, 3.63) is 23.2 Å². The second-order valence-electron chi connectivity index (χ2n) is 7.75. The van der Waals surface area contributed by atoms with E-state index in [1.165, 1.54) is 20.7 Å². The number of hydrogen-bond donors (Lipinski definition) is 0. The summed E-state index contributed by atoms with van der Waals surface area (Å²) in [5, 5.41) is -0.0144. The Bertz CT molecular complexity index is 949. The van der Waals surface area contributed by atoms with E-state index in [-0.39, 0.29) is 65.4 Å². The van der Waals surface area contributed by atoms with Crippen LogP contribution in [-0.4, -0.2) is 76.0 Å². The van der Waals surface area contributed by atoms with Gasteiger partial charge < -0.3 is 9.47 Å². The van der Waals surface area contributed by atoms with E-state index in [9.17, 15) is 16.8 Å². The van der Waals surface area contributed by atoms with Crippen LogP contribution in [0.3, 0.4) is 0 Å². The zero-order chi connectivity index (χ0) is 21.6. The topological polar surface area (TPSA) is 93.2 Å². The molecule has 0 bridgehead atoms. The van der Waals surface area contributed by atoms with E-state index in [0.29, 0.717) is 0 Å². The minimum Gasteiger partial charge on any atom is -0.373 e. The number of nitrogens with zero attached hydrogens (tertiary/aromatic N) is 2. The van der Waals surface area contributed by atoms with Gasteiger partial charge in [-0.25, -0.2) is 16.8 Å². The molecule has 1 aromatic rings. The first-order chi connectivity index (χ1) is 13.4. The van der Waals surface area contributed by atoms with Crippen LogP contribution >= 0.6 is 11.6 Å². The number of ether oxygens (including phenoxy) is 2. The molecule has 11 heteroatoms. The summed E-state index contributed by atoms with van der Waals surface area (Å²) in [4.78, 5) is -0.313. The van der Waals surface area contributed by atoms with E-state index >= 15 is 0 Å². The molecule has 29 heavy (non-hydrogen) atoms. The van der Waals surface area contributed by atoms with Crippen molar-refractivity contribution in [2.75, 3.05) is 26.2 Å². The molecule has 8 nitrogen and oxygen atoms in total. The van der Waals surface area contributed by atoms with Crippen molar-refractivity contribution in [1.82, 2.24) is 8.61 Å². The number of rotatable bonds is 4. The lowest BCUT2D eigenvalue weighted by Crippen LogP contribution is -2.48. The zero-order valence-electron chi connectivity index (χ0n) is 16.9. The predicted molar refractivity (Wildman–Crippen MR) is 109 cm³/mol. The van der Waals surface area contributed by atoms with Crippen molar-refractivity contribution in [3.8, 4) is 0 Å². The third kappa shape index (κ3) is 4.79. The maximum absolute atomic E-state index is 13.2. The van der Waals surface area contributed by atoms with E-state index in [2.05, 4.69) is 0 Å². The van der Waals surface area contributed by atoms with Crippen LogP contribution in [0, 0.1) is 0 Å². The molecule has 2 fully saturated rings. The quantitative estimate of drug-likeness (QED) is 0.673. The Kier molecular flexibility index (Phi) is 6.65. The molecular weight excluding hydrogens is 440 g/mol. The smallest absolute Gasteiger partial charge is 0.244 e. The van der Waals surface area contributed by atoms with Crippen LogP contribution in [0.25, 0.3) is 0 Å². The third-order valence-corrected chi connectivity index (χ3v) is 9.07. The highest BCUT2D eigenvalue weighted by Gasteiger charge is 2.36. The molecule has 0 N–H and O–H groups in total. The Morgan fingerprint density at radius 1 is 0.793 bits per heavy atom. The van der Waals surface area contributed by atoms with E-state index in [1.807, 2.05) is 0 Å². The summed E-state index contributed by atoms with van der Waals surface area (Å²) in [7, 11) is -7.87. The first-order valence-corrected chi connectivity index (χ1v) is 12.8. The van der Waals surface area contributed by atoms with Crippen molar-refractivity contribution < 1.29 is 26.3 Å². The van der Waals surface area contributed by atoms with Crippen molar-refractivity contribution >= 4 is 31.6 Å². The summed E-state index contributed by atoms with van der Waals surface area (Å²) in [6.45, 7) is 7.96. The SMILES string of the molecule is C[C@@H]1CN(S(=O)(=O)c2ccc(Cl)c(S(=O)(=O)N3C[C@H](C)O[C@@H](C)C3)c2)C[C@H](C)O1. The molecule has 2 saturated heterocycles. The molecule has 2 aliphatic heterocycles. The van der Waals surface area contributed by atoms with Gasteiger partial charge in [0.2, 0.25) is 20.0 Å². The van der Waals surface area contributed by atoms with Gasteiger partial charge in [0.15, 0.2) is 0 Å². The molecule has 0 amide bonds. The van der Waals surface area contributed by atoms with Crippen LogP contribution in [0.1, 0.15) is 27.7 Å². The predicted octanol–water partition coefficient (Wildman–Crippen LogP) is 1.94. The van der Waals surface area contributed by atoms with E-state index in [1.54, 1.807) is 27.7 Å². The molecule has 0 aromatic heterocycles. The Labute approximate surface area is 177 Å². The summed E-state index contributed by atoms with van der Waals surface area (Å²) in [5.41, 5.74) is 0. The van der Waals surface area contributed by atoms with Crippen molar-refractivity contribution in [3.63, 3.8) is 0 Å². The number of morpholine rings is 2. The maximum atomic E-state index is 13.2. The van der Waals surface area contributed by atoms with Gasteiger partial charge in [0.25, 0.3) is 0 Å². The molecule has 2 aliphatic rings. The lowest BCUT2D eigenvalue weighted by molar-refractivity contribution is -0.0441. The standard InChI is InChI=1S/C18H27ClN2O6S2/c1-12-8-20(9-13(2)26-12)28(22,23)16-5-6-17(19)18(7-16)29(24,25)21-10-14(3)27-15(4)11-21/h5-7,12-15H,8-11H2,1-4H3/t12-,13+,14-,15-/m0/s1. The van der Waals surface area contributed by atoms with Gasteiger partial charge in [0.05, 0.1) is 34.3 Å². The van der Waals surface area contributed by atoms with Gasteiger partial charge in [-0.1, -0.05) is 11.6 Å². The molecule has 1 aromatic carbocycles. The molecule has 4 atom stereocenters. The molecule has 164 valence electrons. The lowest BCUT2D eigenvalue weighted by atomic mass is 10.3. The fourth-order valence-electron chi connectivity index (χ4n) is 3.78. The van der Waals surface area contributed by atoms with Gasteiger partial charge in [-0.2, -0.15) is 8.61 Å². The second-order valence-corrected chi connectivity index (χ2v) is 12.0. The summed E-state index contributed by atoms with van der Waals surface area (Å²) in [6, 6.07) is 3.82. The summed E-state index contributed by atoms with van der Waals surface area (Å²) in [5.74, 6) is 0. The Morgan fingerprint density at radius 2 is 1.21 bits per heavy atom. The highest BCUT2D eigenvalue weighted by molar-refractivity contribution is 7.90. The molecular formula is C18H27ClN2O6S2. The fourth-order valence-corrected chi connectivity index (χ4v) is 7.57. The van der Waals surface area contributed by atoms with E-state index in [0.717, 1.165) is 6.07 Å². The Hall–Kier alpha value is -0.750. The van der Waals surface area contributed by atoms with Gasteiger partial charge in [0.1, 0.15) is 4.90 Å². The maximum Gasteiger partial charge on any atom is 0.244 e. The van der Waals surface area contributed by atoms with Crippen LogP contribution < -0.4 is 0 Å². The summed E-state index contributed by atoms with van der Waals surface area (Å²) >= 11 is 6.19. The fraction of sp³-hybridized carbons (Fsp3) is 0.667. The van der Waals surface area contributed by atoms with Crippen LogP contribution in [0.2, 0.25) is 5.02 Å². The summed E-state index contributed by atoms with van der Waals surface area (Å²) in [6.07, 6.45) is -1.04. The summed E-state index contributed by atoms with van der Waals surface area (Å²) < 4.78 is 66.6. The van der Waals surface area contributed by atoms with Gasteiger partial charge in [0, 0.05) is 26.2 Å². The second kappa shape index (κ2) is 8.41. The van der Waals surface area contributed by atoms with Crippen LogP contribution in [0.4, 0.5) is 0 Å². The molecule has 2 heterocycles.